The van der Waals surface area contributed by atoms with Crippen molar-refractivity contribution in [3.63, 3.8) is 0 Å². The van der Waals surface area contributed by atoms with Crippen molar-refractivity contribution < 1.29 is 8.42 Å². The third-order valence-corrected chi connectivity index (χ3v) is 3.99. The topological polar surface area (TPSA) is 84.0 Å². The van der Waals surface area contributed by atoms with Gasteiger partial charge < -0.3 is 5.32 Å². The van der Waals surface area contributed by atoms with Gasteiger partial charge in [0.05, 0.1) is 5.75 Å². The SMILES string of the molecule is CCS(=O)(=O)Nc1ccc(Nc2ccccc2C)nn1. The van der Waals surface area contributed by atoms with Crippen molar-refractivity contribution in [2.45, 2.75) is 13.8 Å². The van der Waals surface area contributed by atoms with E-state index in [0.29, 0.717) is 5.82 Å². The molecular weight excluding hydrogens is 276 g/mol. The number of nitrogens with zero attached hydrogens (tertiary/aromatic N) is 2. The maximum atomic E-state index is 11.4. The molecule has 0 bridgehead atoms. The molecule has 2 aromatic rings. The smallest absolute Gasteiger partial charge is 0.233 e. The van der Waals surface area contributed by atoms with Gasteiger partial charge in [0.2, 0.25) is 10.0 Å². The molecule has 2 N–H and O–H groups in total. The summed E-state index contributed by atoms with van der Waals surface area (Å²) in [6.07, 6.45) is 0. The van der Waals surface area contributed by atoms with Gasteiger partial charge in [-0.2, -0.15) is 0 Å². The van der Waals surface area contributed by atoms with Crippen LogP contribution in [0, 0.1) is 6.92 Å². The van der Waals surface area contributed by atoms with Crippen molar-refractivity contribution >= 4 is 27.3 Å². The molecule has 0 spiro atoms. The van der Waals surface area contributed by atoms with E-state index in [2.05, 4.69) is 20.2 Å². The molecule has 0 saturated heterocycles. The highest BCUT2D eigenvalue weighted by Crippen LogP contribution is 2.18. The average Bonchev–Trinajstić information content (AvgIpc) is 2.43. The molecule has 0 unspecified atom stereocenters. The maximum Gasteiger partial charge on any atom is 0.233 e. The quantitative estimate of drug-likeness (QED) is 0.883. The molecule has 0 radical (unpaired) electrons. The number of anilines is 3. The predicted molar refractivity (Wildman–Crippen MR) is 79.6 cm³/mol. The van der Waals surface area contributed by atoms with Crippen LogP contribution >= 0.6 is 0 Å². The number of nitrogens with one attached hydrogen (secondary N) is 2. The molecule has 0 aliphatic carbocycles. The van der Waals surface area contributed by atoms with E-state index in [1.54, 1.807) is 19.1 Å². The first-order valence-electron chi connectivity index (χ1n) is 6.17. The molecule has 0 aliphatic rings. The van der Waals surface area contributed by atoms with E-state index in [0.717, 1.165) is 11.3 Å². The van der Waals surface area contributed by atoms with Crippen LogP contribution in [0.25, 0.3) is 0 Å². The highest BCUT2D eigenvalue weighted by molar-refractivity contribution is 7.92. The van der Waals surface area contributed by atoms with E-state index in [1.165, 1.54) is 0 Å². The molecule has 1 aromatic heterocycles. The number of hydrogen-bond acceptors (Lipinski definition) is 5. The van der Waals surface area contributed by atoms with Gasteiger partial charge in [0.1, 0.15) is 0 Å². The van der Waals surface area contributed by atoms with E-state index in [1.807, 2.05) is 31.2 Å². The number of benzene rings is 1. The molecule has 2 rings (SSSR count). The second-order valence-electron chi connectivity index (χ2n) is 4.25. The Kier molecular flexibility index (Phi) is 4.19. The number of hydrogen-bond donors (Lipinski definition) is 2. The van der Waals surface area contributed by atoms with Crippen molar-refractivity contribution in [2.24, 2.45) is 0 Å². The van der Waals surface area contributed by atoms with Gasteiger partial charge in [-0.1, -0.05) is 18.2 Å². The second kappa shape index (κ2) is 5.87. The summed E-state index contributed by atoms with van der Waals surface area (Å²) in [5.41, 5.74) is 2.02. The molecule has 0 saturated carbocycles. The van der Waals surface area contributed by atoms with Gasteiger partial charge in [0.25, 0.3) is 0 Å². The largest absolute Gasteiger partial charge is 0.339 e. The minimum Gasteiger partial charge on any atom is -0.339 e. The summed E-state index contributed by atoms with van der Waals surface area (Å²) in [6.45, 7) is 3.55. The molecular formula is C13H16N4O2S. The van der Waals surface area contributed by atoms with Gasteiger partial charge in [-0.05, 0) is 37.6 Å². The van der Waals surface area contributed by atoms with Gasteiger partial charge in [-0.3, -0.25) is 4.72 Å². The summed E-state index contributed by atoms with van der Waals surface area (Å²) in [7, 11) is -3.32. The second-order valence-corrected chi connectivity index (χ2v) is 6.26. The van der Waals surface area contributed by atoms with Gasteiger partial charge in [0, 0.05) is 5.69 Å². The molecule has 7 heteroatoms. The van der Waals surface area contributed by atoms with E-state index >= 15 is 0 Å². The van der Waals surface area contributed by atoms with Crippen LogP contribution in [0.2, 0.25) is 0 Å². The zero-order chi connectivity index (χ0) is 14.6. The lowest BCUT2D eigenvalue weighted by molar-refractivity contribution is 0.602. The van der Waals surface area contributed by atoms with Gasteiger partial charge in [-0.15, -0.1) is 10.2 Å². The van der Waals surface area contributed by atoms with Gasteiger partial charge in [-0.25, -0.2) is 8.42 Å². The first kappa shape index (κ1) is 14.3. The molecule has 0 amide bonds. The lowest BCUT2D eigenvalue weighted by Crippen LogP contribution is -2.15. The summed E-state index contributed by atoms with van der Waals surface area (Å²) in [4.78, 5) is 0. The van der Waals surface area contributed by atoms with Crippen LogP contribution in [0.3, 0.4) is 0 Å². The Labute approximate surface area is 118 Å². The van der Waals surface area contributed by atoms with Crippen molar-refractivity contribution in [3.8, 4) is 0 Å². The molecule has 0 atom stereocenters. The third-order valence-electron chi connectivity index (χ3n) is 2.71. The van der Waals surface area contributed by atoms with E-state index in [9.17, 15) is 8.42 Å². The number of para-hydroxylation sites is 1. The van der Waals surface area contributed by atoms with Crippen LogP contribution in [0.1, 0.15) is 12.5 Å². The molecule has 6 nitrogen and oxygen atoms in total. The van der Waals surface area contributed by atoms with Crippen molar-refractivity contribution in [1.82, 2.24) is 10.2 Å². The Morgan fingerprint density at radius 1 is 1.05 bits per heavy atom. The molecule has 106 valence electrons. The maximum absolute atomic E-state index is 11.4. The zero-order valence-electron chi connectivity index (χ0n) is 11.3. The molecule has 20 heavy (non-hydrogen) atoms. The van der Waals surface area contributed by atoms with Crippen molar-refractivity contribution in [2.75, 3.05) is 15.8 Å². The highest BCUT2D eigenvalue weighted by atomic mass is 32.2. The summed E-state index contributed by atoms with van der Waals surface area (Å²) in [6, 6.07) is 11.0. The van der Waals surface area contributed by atoms with E-state index < -0.39 is 10.0 Å². The minimum atomic E-state index is -3.32. The first-order chi connectivity index (χ1) is 9.50. The fourth-order valence-electron chi connectivity index (χ4n) is 1.54. The number of aryl methyl sites for hydroxylation is 1. The Morgan fingerprint density at radius 3 is 2.30 bits per heavy atom. The average molecular weight is 292 g/mol. The number of sulfonamides is 1. The minimum absolute atomic E-state index is 0.00209. The molecule has 1 heterocycles. The molecule has 1 aromatic carbocycles. The lowest BCUT2D eigenvalue weighted by atomic mass is 10.2. The highest BCUT2D eigenvalue weighted by Gasteiger charge is 2.08. The monoisotopic (exact) mass is 292 g/mol. The summed E-state index contributed by atoms with van der Waals surface area (Å²) in [5, 5.41) is 10.9. The third kappa shape index (κ3) is 3.67. The van der Waals surface area contributed by atoms with Crippen LogP contribution in [0.4, 0.5) is 17.3 Å². The fourth-order valence-corrected chi connectivity index (χ4v) is 2.11. The first-order valence-corrected chi connectivity index (χ1v) is 7.82. The number of rotatable bonds is 5. The van der Waals surface area contributed by atoms with E-state index in [4.69, 9.17) is 0 Å². The Balaban J connectivity index is 2.11. The summed E-state index contributed by atoms with van der Waals surface area (Å²) < 4.78 is 25.1. The van der Waals surface area contributed by atoms with Gasteiger partial charge >= 0.3 is 0 Å². The van der Waals surface area contributed by atoms with Crippen LogP contribution in [-0.2, 0) is 10.0 Å². The van der Waals surface area contributed by atoms with Crippen LogP contribution in [0.5, 0.6) is 0 Å². The Hall–Kier alpha value is -2.15. The van der Waals surface area contributed by atoms with Crippen LogP contribution in [0.15, 0.2) is 36.4 Å². The Bertz CT molecular complexity index is 684. The van der Waals surface area contributed by atoms with Crippen LogP contribution in [-0.4, -0.2) is 24.4 Å². The normalized spacial score (nSPS) is 11.1. The van der Waals surface area contributed by atoms with Gasteiger partial charge in [0.15, 0.2) is 11.6 Å². The fraction of sp³-hybridized carbons (Fsp3) is 0.231. The zero-order valence-corrected chi connectivity index (χ0v) is 12.1. The van der Waals surface area contributed by atoms with Crippen LogP contribution < -0.4 is 10.0 Å². The number of aromatic nitrogens is 2. The predicted octanol–water partition coefficient (Wildman–Crippen LogP) is 2.29. The standard InChI is InChI=1S/C13H16N4O2S/c1-3-20(18,19)17-13-9-8-12(15-16-13)14-11-7-5-4-6-10(11)2/h4-9H,3H2,1-2H3,(H,14,15)(H,16,17). The molecule has 0 aliphatic heterocycles. The van der Waals surface area contributed by atoms with Crippen molar-refractivity contribution in [3.05, 3.63) is 42.0 Å². The lowest BCUT2D eigenvalue weighted by Gasteiger charge is -2.08. The van der Waals surface area contributed by atoms with Crippen molar-refractivity contribution in [1.29, 1.82) is 0 Å². The summed E-state index contributed by atoms with van der Waals surface area (Å²) >= 11 is 0. The summed E-state index contributed by atoms with van der Waals surface area (Å²) in [5.74, 6) is 0.763. The van der Waals surface area contributed by atoms with E-state index in [-0.39, 0.29) is 11.6 Å². The Morgan fingerprint density at radius 2 is 1.70 bits per heavy atom. The molecule has 0 fully saturated rings.